The first-order valence-corrected chi connectivity index (χ1v) is 4.93. The van der Waals surface area contributed by atoms with Crippen LogP contribution < -0.4 is 0 Å². The molecule has 0 aliphatic rings. The Bertz CT molecular complexity index is 484. The van der Waals surface area contributed by atoms with Gasteiger partial charge in [0.15, 0.2) is 0 Å². The van der Waals surface area contributed by atoms with E-state index in [4.69, 9.17) is 4.84 Å². The highest BCUT2D eigenvalue weighted by molar-refractivity contribution is 7.19. The molecule has 0 radical (unpaired) electrons. The van der Waals surface area contributed by atoms with Crippen molar-refractivity contribution in [3.63, 3.8) is 0 Å². The van der Waals surface area contributed by atoms with Gasteiger partial charge >= 0.3 is 0 Å². The molecule has 2 aromatic rings. The van der Waals surface area contributed by atoms with Gasteiger partial charge in [0.05, 0.1) is 16.3 Å². The van der Waals surface area contributed by atoms with Crippen LogP contribution in [0.5, 0.6) is 0 Å². The number of aryl methyl sites for hydroxylation is 1. The lowest BCUT2D eigenvalue weighted by atomic mass is 10.3. The molecule has 0 N–H and O–H groups in total. The Morgan fingerprint density at radius 2 is 2.43 bits per heavy atom. The molecule has 0 aromatic carbocycles. The molecule has 6 heteroatoms. The Morgan fingerprint density at radius 1 is 1.64 bits per heavy atom. The summed E-state index contributed by atoms with van der Waals surface area (Å²) in [6.45, 7) is 3.89. The first-order valence-electron chi connectivity index (χ1n) is 4.11. The molecule has 0 unspecified atom stereocenters. The Labute approximate surface area is 85.0 Å². The predicted octanol–water partition coefficient (Wildman–Crippen LogP) is 1.47. The highest BCUT2D eigenvalue weighted by Gasteiger charge is 2.12. The summed E-state index contributed by atoms with van der Waals surface area (Å²) in [7, 11) is 1.54. The zero-order valence-electron chi connectivity index (χ0n) is 8.18. The van der Waals surface area contributed by atoms with Gasteiger partial charge < -0.3 is 4.84 Å². The topological polar surface area (TPSA) is 51.8 Å². The Hall–Kier alpha value is -1.43. The quantitative estimate of drug-likeness (QED) is 0.557. The van der Waals surface area contributed by atoms with E-state index in [1.807, 2.05) is 13.8 Å². The SMILES string of the molecule is CO/N=C(\C)c1sc2ncnn2c1C. The Kier molecular flexibility index (Phi) is 2.20. The predicted molar refractivity (Wildman–Crippen MR) is 54.8 cm³/mol. The van der Waals surface area contributed by atoms with E-state index in [2.05, 4.69) is 15.2 Å². The lowest BCUT2D eigenvalue weighted by Crippen LogP contribution is -1.97. The lowest BCUT2D eigenvalue weighted by molar-refractivity contribution is 0.213. The third-order valence-corrected chi connectivity index (χ3v) is 3.17. The number of hydrogen-bond acceptors (Lipinski definition) is 5. The molecule has 0 amide bonds. The molecule has 2 rings (SSSR count). The fourth-order valence-corrected chi connectivity index (χ4v) is 2.28. The highest BCUT2D eigenvalue weighted by Crippen LogP contribution is 2.21. The highest BCUT2D eigenvalue weighted by atomic mass is 32.1. The van der Waals surface area contributed by atoms with Crippen molar-refractivity contribution in [2.45, 2.75) is 13.8 Å². The monoisotopic (exact) mass is 210 g/mol. The van der Waals surface area contributed by atoms with Gasteiger partial charge in [-0.1, -0.05) is 16.5 Å². The van der Waals surface area contributed by atoms with Crippen LogP contribution in [0.25, 0.3) is 4.96 Å². The molecule has 14 heavy (non-hydrogen) atoms. The lowest BCUT2D eigenvalue weighted by Gasteiger charge is -1.96. The van der Waals surface area contributed by atoms with Crippen molar-refractivity contribution in [2.75, 3.05) is 7.11 Å². The summed E-state index contributed by atoms with van der Waals surface area (Å²) in [5, 5.41) is 7.99. The molecular formula is C8H10N4OS. The molecule has 74 valence electrons. The summed E-state index contributed by atoms with van der Waals surface area (Å²) in [5.41, 5.74) is 1.89. The molecule has 0 aliphatic carbocycles. The smallest absolute Gasteiger partial charge is 0.212 e. The molecule has 0 aliphatic heterocycles. The third-order valence-electron chi connectivity index (χ3n) is 1.91. The maximum absolute atomic E-state index is 4.73. The van der Waals surface area contributed by atoms with Crippen LogP contribution in [0.1, 0.15) is 17.5 Å². The number of thiazole rings is 1. The van der Waals surface area contributed by atoms with Crippen LogP contribution in [-0.4, -0.2) is 27.4 Å². The maximum atomic E-state index is 4.73. The van der Waals surface area contributed by atoms with Gasteiger partial charge in [0, 0.05) is 0 Å². The molecule has 2 aromatic heterocycles. The van der Waals surface area contributed by atoms with E-state index in [0.29, 0.717) is 0 Å². The summed E-state index contributed by atoms with van der Waals surface area (Å²) in [6.07, 6.45) is 1.55. The van der Waals surface area contributed by atoms with Crippen LogP contribution in [-0.2, 0) is 4.84 Å². The van der Waals surface area contributed by atoms with Crippen molar-refractivity contribution in [3.05, 3.63) is 16.9 Å². The van der Waals surface area contributed by atoms with E-state index in [1.165, 1.54) is 7.11 Å². The average molecular weight is 210 g/mol. The van der Waals surface area contributed by atoms with Gasteiger partial charge in [-0.05, 0) is 13.8 Å². The largest absolute Gasteiger partial charge is 0.399 e. The minimum Gasteiger partial charge on any atom is -0.399 e. The van der Waals surface area contributed by atoms with E-state index in [1.54, 1.807) is 22.2 Å². The second-order valence-electron chi connectivity index (χ2n) is 2.83. The first-order chi connectivity index (χ1) is 6.74. The van der Waals surface area contributed by atoms with Gasteiger partial charge in [0.25, 0.3) is 0 Å². The van der Waals surface area contributed by atoms with Crippen molar-refractivity contribution >= 4 is 22.0 Å². The van der Waals surface area contributed by atoms with E-state index in [0.717, 1.165) is 21.2 Å². The summed E-state index contributed by atoms with van der Waals surface area (Å²) in [4.78, 5) is 10.8. The van der Waals surface area contributed by atoms with Crippen LogP contribution in [0.2, 0.25) is 0 Å². The number of nitrogens with zero attached hydrogens (tertiary/aromatic N) is 4. The maximum Gasteiger partial charge on any atom is 0.212 e. The van der Waals surface area contributed by atoms with Gasteiger partial charge in [0.2, 0.25) is 4.96 Å². The molecule has 0 spiro atoms. The van der Waals surface area contributed by atoms with Crippen molar-refractivity contribution in [3.8, 4) is 0 Å². The van der Waals surface area contributed by atoms with Crippen LogP contribution in [0.3, 0.4) is 0 Å². The Balaban J connectivity index is 2.57. The summed E-state index contributed by atoms with van der Waals surface area (Å²) in [6, 6.07) is 0. The number of rotatable bonds is 2. The van der Waals surface area contributed by atoms with Gasteiger partial charge in [0.1, 0.15) is 13.4 Å². The standard InChI is InChI=1S/C8H10N4OS/c1-5(11-13-3)7-6(2)12-8(14-7)9-4-10-12/h4H,1-3H3/b11-5+. The van der Waals surface area contributed by atoms with E-state index >= 15 is 0 Å². The van der Waals surface area contributed by atoms with Crippen LogP contribution in [0.4, 0.5) is 0 Å². The molecule has 2 heterocycles. The van der Waals surface area contributed by atoms with Crippen LogP contribution in [0, 0.1) is 6.92 Å². The fourth-order valence-electron chi connectivity index (χ4n) is 1.31. The van der Waals surface area contributed by atoms with Crippen molar-refractivity contribution in [1.29, 1.82) is 0 Å². The van der Waals surface area contributed by atoms with Crippen LogP contribution in [0.15, 0.2) is 11.5 Å². The van der Waals surface area contributed by atoms with Crippen molar-refractivity contribution in [2.24, 2.45) is 5.16 Å². The number of oxime groups is 1. The molecular weight excluding hydrogens is 200 g/mol. The van der Waals surface area contributed by atoms with E-state index < -0.39 is 0 Å². The van der Waals surface area contributed by atoms with Crippen molar-refractivity contribution in [1.82, 2.24) is 14.6 Å². The fraction of sp³-hybridized carbons (Fsp3) is 0.375. The zero-order chi connectivity index (χ0) is 10.1. The second kappa shape index (κ2) is 3.38. The van der Waals surface area contributed by atoms with E-state index in [-0.39, 0.29) is 0 Å². The Morgan fingerprint density at radius 3 is 3.07 bits per heavy atom. The zero-order valence-corrected chi connectivity index (χ0v) is 9.00. The van der Waals surface area contributed by atoms with Crippen LogP contribution >= 0.6 is 11.3 Å². The summed E-state index contributed by atoms with van der Waals surface area (Å²) >= 11 is 1.56. The van der Waals surface area contributed by atoms with Gasteiger partial charge in [-0.15, -0.1) is 0 Å². The number of aromatic nitrogens is 3. The van der Waals surface area contributed by atoms with E-state index in [9.17, 15) is 0 Å². The molecule has 5 nitrogen and oxygen atoms in total. The third kappa shape index (κ3) is 1.27. The van der Waals surface area contributed by atoms with Gasteiger partial charge in [-0.3, -0.25) is 0 Å². The minimum atomic E-state index is 0.849. The molecule has 0 saturated carbocycles. The number of hydrogen-bond donors (Lipinski definition) is 0. The second-order valence-corrected chi connectivity index (χ2v) is 3.81. The molecule has 0 fully saturated rings. The molecule has 0 atom stereocenters. The normalized spacial score (nSPS) is 12.4. The molecule has 0 saturated heterocycles. The minimum absolute atomic E-state index is 0.849. The summed E-state index contributed by atoms with van der Waals surface area (Å²) < 4.78 is 1.80. The van der Waals surface area contributed by atoms with Gasteiger partial charge in [-0.2, -0.15) is 5.10 Å². The summed E-state index contributed by atoms with van der Waals surface area (Å²) in [5.74, 6) is 0. The molecule has 0 bridgehead atoms. The average Bonchev–Trinajstić information content (AvgIpc) is 2.69. The van der Waals surface area contributed by atoms with Gasteiger partial charge in [-0.25, -0.2) is 9.50 Å². The van der Waals surface area contributed by atoms with Crippen molar-refractivity contribution < 1.29 is 4.84 Å². The first kappa shape index (κ1) is 9.14. The number of fused-ring (bicyclic) bond motifs is 1.